The Bertz CT molecular complexity index is 421. The van der Waals surface area contributed by atoms with E-state index in [1.165, 1.54) is 0 Å². The van der Waals surface area contributed by atoms with Gasteiger partial charge in [0, 0.05) is 13.1 Å². The number of nitrogens with one attached hydrogen (secondary N) is 2. The normalized spacial score (nSPS) is 13.2. The molecular formula is C14H38N6O8. The summed E-state index contributed by atoms with van der Waals surface area (Å²) in [5, 5.41) is 31.5. The van der Waals surface area contributed by atoms with Crippen LogP contribution in [0.1, 0.15) is 40.5 Å². The second-order valence-corrected chi connectivity index (χ2v) is 6.66. The fourth-order valence-electron chi connectivity index (χ4n) is 1.55. The molecule has 0 aromatic rings. The number of azo groups is 1. The Kier molecular flexibility index (Phi) is 21.4. The third-order valence-electron chi connectivity index (χ3n) is 3.49. The van der Waals surface area contributed by atoms with Crippen LogP contribution in [-0.4, -0.2) is 80.6 Å². The smallest absolute Gasteiger partial charge is 0.304 e. The van der Waals surface area contributed by atoms with Gasteiger partial charge < -0.3 is 43.6 Å². The van der Waals surface area contributed by atoms with Crippen LogP contribution in [0.15, 0.2) is 10.2 Å². The molecule has 2 unspecified atom stereocenters. The van der Waals surface area contributed by atoms with Gasteiger partial charge in [0.1, 0.15) is 11.1 Å². The van der Waals surface area contributed by atoms with Crippen molar-refractivity contribution in [2.45, 2.75) is 63.9 Å². The molecule has 0 aliphatic carbocycles. The molecule has 16 N–H and O–H groups in total. The quantitative estimate of drug-likeness (QED) is 0.135. The summed E-state index contributed by atoms with van der Waals surface area (Å²) in [6.07, 6.45) is -1.23. The van der Waals surface area contributed by atoms with E-state index in [4.69, 9.17) is 21.7 Å². The summed E-state index contributed by atoms with van der Waals surface area (Å²) in [6, 6.07) is 0. The summed E-state index contributed by atoms with van der Waals surface area (Å²) < 4.78 is 0. The van der Waals surface area contributed by atoms with E-state index in [9.17, 15) is 9.59 Å². The Morgan fingerprint density at radius 1 is 0.786 bits per heavy atom. The highest BCUT2D eigenvalue weighted by atomic mass is 16.4. The minimum absolute atomic E-state index is 0. The predicted molar refractivity (Wildman–Crippen MR) is 104 cm³/mol. The number of carboxylic acids is 2. The van der Waals surface area contributed by atoms with Crippen molar-refractivity contribution in [3.8, 4) is 0 Å². The van der Waals surface area contributed by atoms with Gasteiger partial charge >= 0.3 is 11.9 Å². The van der Waals surface area contributed by atoms with Crippen LogP contribution in [-0.2, 0) is 9.59 Å². The van der Waals surface area contributed by atoms with Crippen LogP contribution in [0, 0.1) is 0 Å². The Hall–Kier alpha value is -1.78. The highest BCUT2D eigenvalue weighted by Crippen LogP contribution is 2.18. The van der Waals surface area contributed by atoms with Crippen molar-refractivity contribution in [1.29, 1.82) is 0 Å². The molecule has 2 atom stereocenters. The van der Waals surface area contributed by atoms with Gasteiger partial charge in [-0.05, 0) is 27.7 Å². The molecule has 0 aliphatic rings. The molecule has 0 aromatic heterocycles. The molecule has 172 valence electrons. The minimum atomic E-state index is -0.909. The Labute approximate surface area is 164 Å². The molecule has 0 aliphatic heterocycles. The lowest BCUT2D eigenvalue weighted by Gasteiger charge is -2.31. The van der Waals surface area contributed by atoms with Crippen molar-refractivity contribution in [2.75, 3.05) is 13.1 Å². The van der Waals surface area contributed by atoms with Crippen LogP contribution < -0.4 is 22.1 Å². The summed E-state index contributed by atoms with van der Waals surface area (Å²) >= 11 is 0. The largest absolute Gasteiger partial charge is 0.481 e. The maximum atomic E-state index is 10.5. The van der Waals surface area contributed by atoms with Gasteiger partial charge in [-0.25, -0.2) is 0 Å². The number of nitrogens with zero attached hydrogens (tertiary/aromatic N) is 2. The molecule has 0 rings (SSSR count). The van der Waals surface area contributed by atoms with Gasteiger partial charge in [0.05, 0.1) is 25.2 Å². The van der Waals surface area contributed by atoms with Gasteiger partial charge in [0.2, 0.25) is 0 Å². The van der Waals surface area contributed by atoms with E-state index in [1.54, 1.807) is 27.7 Å². The van der Waals surface area contributed by atoms with Gasteiger partial charge in [0.15, 0.2) is 0 Å². The summed E-state index contributed by atoms with van der Waals surface area (Å²) in [5.41, 5.74) is 10.4. The fourth-order valence-corrected chi connectivity index (χ4v) is 1.55. The summed E-state index contributed by atoms with van der Waals surface area (Å²) in [7, 11) is 0. The number of rotatable bonds is 12. The average molecular weight is 418 g/mol. The van der Waals surface area contributed by atoms with Gasteiger partial charge in [-0.15, -0.1) is 0 Å². The molecule has 0 spiro atoms. The topological polar surface area (TPSA) is 301 Å². The molecular weight excluding hydrogens is 380 g/mol. The lowest BCUT2D eigenvalue weighted by molar-refractivity contribution is -0.138. The van der Waals surface area contributed by atoms with E-state index in [1.807, 2.05) is 0 Å². The summed E-state index contributed by atoms with van der Waals surface area (Å²) in [6.45, 7) is 7.55. The van der Waals surface area contributed by atoms with Gasteiger partial charge in [-0.2, -0.15) is 10.2 Å². The number of hydrogen-bond acceptors (Lipinski definition) is 8. The maximum absolute atomic E-state index is 10.5. The second kappa shape index (κ2) is 16.2. The van der Waals surface area contributed by atoms with Crippen molar-refractivity contribution >= 4 is 11.9 Å². The molecule has 0 bridgehead atoms. The lowest BCUT2D eigenvalue weighted by Crippen LogP contribution is -2.54. The van der Waals surface area contributed by atoms with E-state index in [2.05, 4.69) is 20.9 Å². The monoisotopic (exact) mass is 418 g/mol. The van der Waals surface area contributed by atoms with Crippen molar-refractivity contribution in [3.05, 3.63) is 0 Å². The van der Waals surface area contributed by atoms with Gasteiger partial charge in [-0.3, -0.25) is 20.2 Å². The zero-order valence-electron chi connectivity index (χ0n) is 16.7. The maximum Gasteiger partial charge on any atom is 0.304 e. The molecule has 0 saturated carbocycles. The molecule has 0 heterocycles. The summed E-state index contributed by atoms with van der Waals surface area (Å²) in [4.78, 5) is 21.0. The van der Waals surface area contributed by atoms with E-state index in [-0.39, 0.29) is 47.8 Å². The number of carbonyl (C=O) groups is 2. The highest BCUT2D eigenvalue weighted by Gasteiger charge is 2.30. The lowest BCUT2D eigenvalue weighted by atomic mass is 10.0. The fraction of sp³-hybridized carbons (Fsp3) is 0.857. The molecule has 14 nitrogen and oxygen atoms in total. The van der Waals surface area contributed by atoms with E-state index < -0.39 is 35.3 Å². The predicted octanol–water partition coefficient (Wildman–Crippen LogP) is -3.60. The molecule has 14 heteroatoms. The highest BCUT2D eigenvalue weighted by molar-refractivity contribution is 5.67. The van der Waals surface area contributed by atoms with Crippen LogP contribution >= 0.6 is 0 Å². The molecule has 0 amide bonds. The first kappa shape index (κ1) is 37.0. The Morgan fingerprint density at radius 2 is 1.04 bits per heavy atom. The summed E-state index contributed by atoms with van der Waals surface area (Å²) in [5.74, 6) is -1.82. The van der Waals surface area contributed by atoms with Crippen molar-refractivity contribution in [2.24, 2.45) is 21.7 Å². The van der Waals surface area contributed by atoms with Crippen molar-refractivity contribution in [3.63, 3.8) is 0 Å². The van der Waals surface area contributed by atoms with E-state index >= 15 is 0 Å². The minimum Gasteiger partial charge on any atom is -0.481 e. The third kappa shape index (κ3) is 15.3. The number of carboxylic acid groups (broad SMARTS) is 2. The van der Waals surface area contributed by atoms with Crippen LogP contribution in [0.4, 0.5) is 0 Å². The van der Waals surface area contributed by atoms with Crippen molar-refractivity contribution < 1.29 is 41.7 Å². The molecule has 0 aromatic carbocycles. The zero-order chi connectivity index (χ0) is 19.0. The average Bonchev–Trinajstić information content (AvgIpc) is 2.44. The zero-order valence-corrected chi connectivity index (χ0v) is 16.7. The third-order valence-corrected chi connectivity index (χ3v) is 3.49. The number of hydrogen-bond donors (Lipinski definition) is 6. The number of aliphatic carboxylic acids is 2. The molecule has 0 radical (unpaired) electrons. The van der Waals surface area contributed by atoms with Gasteiger partial charge in [0.25, 0.3) is 0 Å². The first-order chi connectivity index (χ1) is 10.9. The Balaban J connectivity index is -0.000000441. The molecule has 0 saturated heterocycles. The number of nitrogens with two attached hydrogens (primary N) is 2. The SMILES string of the molecule is CC(C)(N=NC(C)(C)C(N)NCCC(=O)O)C(N)NCCC(=O)O.O.O.O.O. The van der Waals surface area contributed by atoms with Crippen LogP contribution in [0.3, 0.4) is 0 Å². The molecule has 28 heavy (non-hydrogen) atoms. The standard InChI is InChI=1S/C14H30N6O4.4H2O/c1-13(2,11(15)17-7-5-9(21)22)19-20-14(3,4)12(16)18-8-6-10(23)24;;;;/h11-12,17-18H,5-8,15-16H2,1-4H3,(H,21,22)(H,23,24);4*1H2. The van der Waals surface area contributed by atoms with Gasteiger partial charge in [-0.1, -0.05) is 0 Å². The van der Waals surface area contributed by atoms with Crippen LogP contribution in [0.5, 0.6) is 0 Å². The van der Waals surface area contributed by atoms with Crippen LogP contribution in [0.2, 0.25) is 0 Å². The van der Waals surface area contributed by atoms with Crippen molar-refractivity contribution in [1.82, 2.24) is 10.6 Å². The van der Waals surface area contributed by atoms with E-state index in [0.717, 1.165) is 0 Å². The first-order valence-electron chi connectivity index (χ1n) is 7.74. The Morgan fingerprint density at radius 3 is 1.25 bits per heavy atom. The van der Waals surface area contributed by atoms with Crippen LogP contribution in [0.25, 0.3) is 0 Å². The second-order valence-electron chi connectivity index (χ2n) is 6.66. The van der Waals surface area contributed by atoms with E-state index in [0.29, 0.717) is 0 Å². The first-order valence-corrected chi connectivity index (χ1v) is 7.74. The molecule has 0 fully saturated rings.